The van der Waals surface area contributed by atoms with E-state index < -0.39 is 36.3 Å². The molecule has 2 N–H and O–H groups in total. The number of ether oxygens (including phenoxy) is 4. The number of likely N-dealkylation sites (tertiary alicyclic amines) is 1. The number of nitrogens with zero attached hydrogens (tertiary/aromatic N) is 1. The van der Waals surface area contributed by atoms with E-state index in [4.69, 9.17) is 24.1 Å². The van der Waals surface area contributed by atoms with Crippen molar-refractivity contribution in [1.29, 1.82) is 0 Å². The monoisotopic (exact) mass is 366 g/mol. The van der Waals surface area contributed by atoms with Crippen LogP contribution in [-0.4, -0.2) is 67.2 Å². The van der Waals surface area contributed by atoms with Gasteiger partial charge in [-0.2, -0.15) is 0 Å². The van der Waals surface area contributed by atoms with Gasteiger partial charge < -0.3 is 34.3 Å². The average molecular weight is 366 g/mol. The van der Waals surface area contributed by atoms with E-state index in [0.717, 1.165) is 5.56 Å². The number of cyclic esters (lactones) is 2. The fourth-order valence-corrected chi connectivity index (χ4v) is 3.13. The van der Waals surface area contributed by atoms with E-state index in [1.54, 1.807) is 18.2 Å². The third-order valence-corrected chi connectivity index (χ3v) is 4.32. The minimum absolute atomic E-state index is 0.0446. The number of carboxylic acid groups (broad SMARTS) is 1. The molecule has 10 nitrogen and oxygen atoms in total. The molecule has 2 aliphatic heterocycles. The van der Waals surface area contributed by atoms with Gasteiger partial charge in [-0.1, -0.05) is 6.07 Å². The molecule has 0 saturated carbocycles. The fraction of sp³-hybridized carbons (Fsp3) is 0.438. The number of amides is 2. The molecule has 2 amide bonds. The Morgan fingerprint density at radius 2 is 2.04 bits per heavy atom. The Morgan fingerprint density at radius 3 is 2.62 bits per heavy atom. The van der Waals surface area contributed by atoms with Crippen LogP contribution in [0.25, 0.3) is 0 Å². The molecule has 1 aromatic carbocycles. The smallest absolute Gasteiger partial charge is 0.493 e. The zero-order valence-corrected chi connectivity index (χ0v) is 14.1. The molecule has 26 heavy (non-hydrogen) atoms. The number of β-lactam (4-membered cyclic amide) rings is 1. The van der Waals surface area contributed by atoms with Crippen LogP contribution in [0.3, 0.4) is 0 Å². The van der Waals surface area contributed by atoms with Crippen molar-refractivity contribution in [2.24, 2.45) is 0 Å². The molecule has 0 radical (unpaired) electrons. The predicted octanol–water partition coefficient (Wildman–Crippen LogP) is 0.586. The van der Waals surface area contributed by atoms with Gasteiger partial charge in [-0.25, -0.2) is 9.59 Å². The number of hydrogen-bond acceptors (Lipinski definition) is 7. The highest BCUT2D eigenvalue weighted by molar-refractivity contribution is 5.92. The van der Waals surface area contributed by atoms with E-state index in [1.165, 1.54) is 19.1 Å². The first-order chi connectivity index (χ1) is 12.4. The molecule has 140 valence electrons. The lowest BCUT2D eigenvalue weighted by Crippen LogP contribution is -2.74. The summed E-state index contributed by atoms with van der Waals surface area (Å²) in [4.78, 5) is 36.0. The maximum atomic E-state index is 12.4. The first-order valence-electron chi connectivity index (χ1n) is 7.79. The Labute approximate surface area is 148 Å². The lowest BCUT2D eigenvalue weighted by molar-refractivity contribution is -0.158. The Hall–Kier alpha value is -3.17. The lowest BCUT2D eigenvalue weighted by Gasteiger charge is -2.48. The lowest BCUT2D eigenvalue weighted by atomic mass is 9.89. The molecule has 3 rings (SSSR count). The minimum atomic E-state index is -1.33. The third-order valence-electron chi connectivity index (χ3n) is 4.32. The second kappa shape index (κ2) is 6.98. The summed E-state index contributed by atoms with van der Waals surface area (Å²) < 4.78 is 20.2. The average Bonchev–Trinajstić information content (AvgIpc) is 3.05. The zero-order chi connectivity index (χ0) is 18.8. The van der Waals surface area contributed by atoms with Crippen LogP contribution in [0.4, 0.5) is 9.59 Å². The molecule has 0 aromatic heterocycles. The first kappa shape index (κ1) is 17.6. The number of methoxy groups -OCH3 is 2. The van der Waals surface area contributed by atoms with Crippen molar-refractivity contribution in [2.45, 2.75) is 24.7 Å². The van der Waals surface area contributed by atoms with E-state index in [-0.39, 0.29) is 13.2 Å². The van der Waals surface area contributed by atoms with Gasteiger partial charge in [-0.05, 0) is 17.7 Å². The van der Waals surface area contributed by atoms with Crippen molar-refractivity contribution in [2.75, 3.05) is 20.8 Å². The molecule has 0 unspecified atom stereocenters. The number of nitrogens with one attached hydrogen (secondary N) is 1. The van der Waals surface area contributed by atoms with Crippen LogP contribution in [0, 0.1) is 0 Å². The van der Waals surface area contributed by atoms with Gasteiger partial charge in [0.15, 0.2) is 17.6 Å². The summed E-state index contributed by atoms with van der Waals surface area (Å²) >= 11 is 0. The van der Waals surface area contributed by atoms with Crippen molar-refractivity contribution in [3.63, 3.8) is 0 Å². The number of carbonyl (C=O) groups excluding carboxylic acids is 2. The van der Waals surface area contributed by atoms with Crippen LogP contribution in [0.15, 0.2) is 18.2 Å². The van der Waals surface area contributed by atoms with E-state index in [0.29, 0.717) is 11.5 Å². The van der Waals surface area contributed by atoms with Gasteiger partial charge in [-0.15, -0.1) is 0 Å². The second-order valence-corrected chi connectivity index (χ2v) is 5.79. The standard InChI is InChI=1S/C16H18N2O8/c1-23-9-4-3-8(5-10(9)24-2)6-18-13(11-7-25-16(22)26-11)12(14(18)19)17-15(20)21/h3-5,11-13,17H,6-7H2,1-2H3,(H,20,21)/t11-,12-,13+/m0/s1. The largest absolute Gasteiger partial charge is 0.508 e. The summed E-state index contributed by atoms with van der Waals surface area (Å²) in [6, 6.07) is 3.54. The van der Waals surface area contributed by atoms with Gasteiger partial charge in [0.25, 0.3) is 0 Å². The highest BCUT2D eigenvalue weighted by Gasteiger charge is 2.55. The van der Waals surface area contributed by atoms with Crippen LogP contribution in [0.1, 0.15) is 5.56 Å². The van der Waals surface area contributed by atoms with Crippen molar-refractivity contribution in [1.82, 2.24) is 10.2 Å². The van der Waals surface area contributed by atoms with Gasteiger partial charge in [0.2, 0.25) is 5.91 Å². The molecule has 2 aliphatic rings. The van der Waals surface area contributed by atoms with E-state index >= 15 is 0 Å². The predicted molar refractivity (Wildman–Crippen MR) is 85.1 cm³/mol. The zero-order valence-electron chi connectivity index (χ0n) is 14.1. The highest BCUT2D eigenvalue weighted by Crippen LogP contribution is 2.32. The van der Waals surface area contributed by atoms with Gasteiger partial charge in [0, 0.05) is 6.54 Å². The van der Waals surface area contributed by atoms with Gasteiger partial charge >= 0.3 is 12.2 Å². The van der Waals surface area contributed by atoms with Crippen LogP contribution in [-0.2, 0) is 20.8 Å². The molecule has 2 saturated heterocycles. The molecule has 0 spiro atoms. The molecule has 2 fully saturated rings. The summed E-state index contributed by atoms with van der Waals surface area (Å²) in [5.74, 6) is 0.645. The molecular weight excluding hydrogens is 348 g/mol. The van der Waals surface area contributed by atoms with Crippen LogP contribution in [0.5, 0.6) is 11.5 Å². The van der Waals surface area contributed by atoms with Crippen LogP contribution < -0.4 is 14.8 Å². The number of carbonyl (C=O) groups is 3. The van der Waals surface area contributed by atoms with Gasteiger partial charge in [0.1, 0.15) is 18.7 Å². The maximum Gasteiger partial charge on any atom is 0.508 e. The summed E-state index contributed by atoms with van der Waals surface area (Å²) in [5, 5.41) is 11.1. The molecular formula is C16H18N2O8. The number of hydrogen-bond donors (Lipinski definition) is 2. The molecule has 1 aromatic rings. The molecule has 0 aliphatic carbocycles. The van der Waals surface area contributed by atoms with E-state index in [1.807, 2.05) is 0 Å². The SMILES string of the molecule is COc1ccc(CN2C(=O)[C@@H](NC(=O)O)[C@H]2[C@@H]2COC(=O)O2)cc1OC. The number of rotatable bonds is 6. The maximum absolute atomic E-state index is 12.4. The topological polar surface area (TPSA) is 124 Å². The molecule has 3 atom stereocenters. The second-order valence-electron chi connectivity index (χ2n) is 5.79. The molecule has 10 heteroatoms. The quantitative estimate of drug-likeness (QED) is 0.554. The van der Waals surface area contributed by atoms with Crippen molar-refractivity contribution >= 4 is 18.2 Å². The Morgan fingerprint density at radius 1 is 1.31 bits per heavy atom. The molecule has 2 heterocycles. The van der Waals surface area contributed by atoms with Crippen molar-refractivity contribution in [3.8, 4) is 11.5 Å². The normalized spacial score (nSPS) is 24.4. The first-order valence-corrected chi connectivity index (χ1v) is 7.79. The summed E-state index contributed by atoms with van der Waals surface area (Å²) in [6.07, 6.45) is -2.91. The van der Waals surface area contributed by atoms with Crippen molar-refractivity contribution < 1.29 is 38.4 Å². The van der Waals surface area contributed by atoms with Crippen LogP contribution >= 0.6 is 0 Å². The minimum Gasteiger partial charge on any atom is -0.493 e. The van der Waals surface area contributed by atoms with Gasteiger partial charge in [-0.3, -0.25) is 4.79 Å². The fourth-order valence-electron chi connectivity index (χ4n) is 3.13. The number of benzene rings is 1. The Balaban J connectivity index is 1.80. The highest BCUT2D eigenvalue weighted by atomic mass is 16.8. The van der Waals surface area contributed by atoms with Crippen molar-refractivity contribution in [3.05, 3.63) is 23.8 Å². The summed E-state index contributed by atoms with van der Waals surface area (Å²) in [7, 11) is 3.02. The third kappa shape index (κ3) is 3.17. The summed E-state index contributed by atoms with van der Waals surface area (Å²) in [5.41, 5.74) is 0.750. The van der Waals surface area contributed by atoms with Crippen LogP contribution in [0.2, 0.25) is 0 Å². The Bertz CT molecular complexity index is 737. The van der Waals surface area contributed by atoms with E-state index in [2.05, 4.69) is 5.32 Å². The molecule has 0 bridgehead atoms. The summed E-state index contributed by atoms with van der Waals surface area (Å²) in [6.45, 7) is 0.146. The van der Waals surface area contributed by atoms with Gasteiger partial charge in [0.05, 0.1) is 14.2 Å². The van der Waals surface area contributed by atoms with E-state index in [9.17, 15) is 14.4 Å². The Kier molecular flexibility index (Phi) is 4.74.